The second kappa shape index (κ2) is 5.90. The maximum Gasteiger partial charge on any atom is 0.328 e. The Morgan fingerprint density at radius 2 is 2.05 bits per heavy atom. The van der Waals surface area contributed by atoms with Gasteiger partial charge in [0.1, 0.15) is 11.9 Å². The molecule has 122 valence electrons. The Hall–Kier alpha value is -1.58. The van der Waals surface area contributed by atoms with Crippen LogP contribution in [0.5, 0.6) is 0 Å². The lowest BCUT2D eigenvalue weighted by atomic mass is 9.78. The lowest BCUT2D eigenvalue weighted by Gasteiger charge is -2.51. The predicted molar refractivity (Wildman–Crippen MR) is 86.6 cm³/mol. The van der Waals surface area contributed by atoms with Gasteiger partial charge in [0.25, 0.3) is 0 Å². The molecule has 0 bridgehead atoms. The molecule has 0 saturated heterocycles. The number of ether oxygens (including phenoxy) is 1. The molecule has 2 atom stereocenters. The number of esters is 1. The third-order valence-corrected chi connectivity index (χ3v) is 4.59. The van der Waals surface area contributed by atoms with E-state index in [2.05, 4.69) is 25.7 Å². The van der Waals surface area contributed by atoms with Crippen molar-refractivity contribution in [3.05, 3.63) is 29.6 Å². The average molecular weight is 307 g/mol. The summed E-state index contributed by atoms with van der Waals surface area (Å²) in [5.74, 6) is -0.127. The molecular weight excluding hydrogens is 281 g/mol. The highest BCUT2D eigenvalue weighted by Crippen LogP contribution is 2.45. The Labute approximate surface area is 132 Å². The van der Waals surface area contributed by atoms with Gasteiger partial charge in [0.2, 0.25) is 0 Å². The molecule has 1 aromatic rings. The van der Waals surface area contributed by atoms with Crippen LogP contribution in [0.15, 0.2) is 18.2 Å². The summed E-state index contributed by atoms with van der Waals surface area (Å²) in [7, 11) is 1.42. The maximum atomic E-state index is 13.7. The number of benzene rings is 1. The number of nitrogens with zero attached hydrogens (tertiary/aromatic N) is 1. The van der Waals surface area contributed by atoms with E-state index in [-0.39, 0.29) is 35.2 Å². The summed E-state index contributed by atoms with van der Waals surface area (Å²) in [6.45, 7) is 10.4. The standard InChI is InChI=1S/C18H26FNO2/c1-11(2)16(17(21)22-6)20-15-8-7-13(19)9-14(15)12(3)10-18(20,4)5/h7-9,11-12,16H,10H2,1-6H3/t12-,16+/m1/s1. The fraction of sp³-hybridized carbons (Fsp3) is 0.611. The summed E-state index contributed by atoms with van der Waals surface area (Å²) in [6, 6.07) is 4.48. The molecule has 1 aliphatic heterocycles. The second-order valence-electron chi connectivity index (χ2n) is 7.20. The predicted octanol–water partition coefficient (Wildman–Crippen LogP) is 4.12. The van der Waals surface area contributed by atoms with Gasteiger partial charge in [-0.05, 0) is 55.9 Å². The molecule has 3 nitrogen and oxygen atoms in total. The van der Waals surface area contributed by atoms with Crippen LogP contribution in [-0.2, 0) is 9.53 Å². The molecule has 1 aromatic carbocycles. The van der Waals surface area contributed by atoms with Crippen molar-refractivity contribution in [3.63, 3.8) is 0 Å². The SMILES string of the molecule is COC(=O)[C@H](C(C)C)N1c2ccc(F)cc2[C@H](C)CC1(C)C. The van der Waals surface area contributed by atoms with Crippen molar-refractivity contribution < 1.29 is 13.9 Å². The number of anilines is 1. The van der Waals surface area contributed by atoms with Crippen molar-refractivity contribution in [2.24, 2.45) is 5.92 Å². The van der Waals surface area contributed by atoms with Gasteiger partial charge in [-0.1, -0.05) is 20.8 Å². The van der Waals surface area contributed by atoms with Crippen LogP contribution in [0.4, 0.5) is 10.1 Å². The molecule has 1 heterocycles. The first-order valence-corrected chi connectivity index (χ1v) is 7.85. The van der Waals surface area contributed by atoms with Crippen LogP contribution in [0, 0.1) is 11.7 Å². The summed E-state index contributed by atoms with van der Waals surface area (Å²) in [5.41, 5.74) is 1.70. The highest BCUT2D eigenvalue weighted by molar-refractivity contribution is 5.82. The maximum absolute atomic E-state index is 13.7. The number of hydrogen-bond acceptors (Lipinski definition) is 3. The number of halogens is 1. The van der Waals surface area contributed by atoms with Crippen LogP contribution < -0.4 is 4.90 Å². The third-order valence-electron chi connectivity index (χ3n) is 4.59. The number of carbonyl (C=O) groups excluding carboxylic acids is 1. The van der Waals surface area contributed by atoms with Crippen LogP contribution in [0.1, 0.15) is 52.5 Å². The van der Waals surface area contributed by atoms with Crippen LogP contribution >= 0.6 is 0 Å². The van der Waals surface area contributed by atoms with Gasteiger partial charge in [0.05, 0.1) is 7.11 Å². The van der Waals surface area contributed by atoms with Gasteiger partial charge in [-0.2, -0.15) is 0 Å². The lowest BCUT2D eigenvalue weighted by molar-refractivity contribution is -0.143. The minimum absolute atomic E-state index is 0.0954. The number of fused-ring (bicyclic) bond motifs is 1. The van der Waals surface area contributed by atoms with Crippen molar-refractivity contribution in [2.45, 2.75) is 58.5 Å². The van der Waals surface area contributed by atoms with E-state index in [0.717, 1.165) is 17.7 Å². The molecule has 0 amide bonds. The quantitative estimate of drug-likeness (QED) is 0.787. The van der Waals surface area contributed by atoms with Crippen molar-refractivity contribution in [1.82, 2.24) is 0 Å². The number of methoxy groups -OCH3 is 1. The number of carbonyl (C=O) groups is 1. The fourth-order valence-electron chi connectivity index (χ4n) is 3.75. The molecule has 0 radical (unpaired) electrons. The summed E-state index contributed by atoms with van der Waals surface area (Å²) >= 11 is 0. The van der Waals surface area contributed by atoms with Gasteiger partial charge < -0.3 is 9.64 Å². The summed E-state index contributed by atoms with van der Waals surface area (Å²) in [6.07, 6.45) is 0.865. The van der Waals surface area contributed by atoms with Crippen molar-refractivity contribution >= 4 is 11.7 Å². The average Bonchev–Trinajstić information content (AvgIpc) is 2.42. The molecule has 2 rings (SSSR count). The molecule has 0 unspecified atom stereocenters. The monoisotopic (exact) mass is 307 g/mol. The van der Waals surface area contributed by atoms with Crippen molar-refractivity contribution in [2.75, 3.05) is 12.0 Å². The molecule has 1 aliphatic rings. The van der Waals surface area contributed by atoms with E-state index in [1.807, 2.05) is 13.8 Å². The van der Waals surface area contributed by atoms with Crippen molar-refractivity contribution in [3.8, 4) is 0 Å². The first kappa shape index (κ1) is 16.8. The zero-order valence-corrected chi connectivity index (χ0v) is 14.3. The normalized spacial score (nSPS) is 21.5. The highest BCUT2D eigenvalue weighted by Gasteiger charge is 2.44. The number of hydrogen-bond donors (Lipinski definition) is 0. The molecule has 0 aromatic heterocycles. The minimum atomic E-state index is -0.378. The molecule has 4 heteroatoms. The number of rotatable bonds is 3. The largest absolute Gasteiger partial charge is 0.467 e. The van der Waals surface area contributed by atoms with E-state index in [9.17, 15) is 9.18 Å². The van der Waals surface area contributed by atoms with Gasteiger partial charge in [-0.3, -0.25) is 0 Å². The Kier molecular flexibility index (Phi) is 4.50. The smallest absolute Gasteiger partial charge is 0.328 e. The minimum Gasteiger partial charge on any atom is -0.467 e. The van der Waals surface area contributed by atoms with Gasteiger partial charge in [-0.15, -0.1) is 0 Å². The Morgan fingerprint density at radius 1 is 1.41 bits per heavy atom. The van der Waals surface area contributed by atoms with E-state index in [4.69, 9.17) is 4.74 Å². The van der Waals surface area contributed by atoms with Gasteiger partial charge in [0, 0.05) is 11.2 Å². The Morgan fingerprint density at radius 3 is 2.59 bits per heavy atom. The van der Waals surface area contributed by atoms with Crippen LogP contribution in [0.25, 0.3) is 0 Å². The molecule has 22 heavy (non-hydrogen) atoms. The van der Waals surface area contributed by atoms with Gasteiger partial charge in [-0.25, -0.2) is 9.18 Å². The Balaban J connectivity index is 2.61. The van der Waals surface area contributed by atoms with Crippen LogP contribution in [-0.4, -0.2) is 24.7 Å². The lowest BCUT2D eigenvalue weighted by Crippen LogP contribution is -2.58. The van der Waals surface area contributed by atoms with E-state index in [1.165, 1.54) is 13.2 Å². The summed E-state index contributed by atoms with van der Waals surface area (Å²) < 4.78 is 18.7. The summed E-state index contributed by atoms with van der Waals surface area (Å²) in [5, 5.41) is 0. The first-order valence-electron chi connectivity index (χ1n) is 7.85. The van der Waals surface area contributed by atoms with Gasteiger partial charge in [0.15, 0.2) is 0 Å². The van der Waals surface area contributed by atoms with Crippen LogP contribution in [0.2, 0.25) is 0 Å². The molecule has 0 spiro atoms. The molecule has 0 saturated carbocycles. The molecule has 0 fully saturated rings. The van der Waals surface area contributed by atoms with Gasteiger partial charge >= 0.3 is 5.97 Å². The fourth-order valence-corrected chi connectivity index (χ4v) is 3.75. The van der Waals surface area contributed by atoms with E-state index in [1.54, 1.807) is 12.1 Å². The third kappa shape index (κ3) is 2.83. The molecular formula is C18H26FNO2. The van der Waals surface area contributed by atoms with E-state index < -0.39 is 0 Å². The van der Waals surface area contributed by atoms with Crippen molar-refractivity contribution in [1.29, 1.82) is 0 Å². The Bertz CT molecular complexity index is 568. The second-order valence-corrected chi connectivity index (χ2v) is 7.20. The highest BCUT2D eigenvalue weighted by atomic mass is 19.1. The molecule has 0 aliphatic carbocycles. The zero-order chi connectivity index (χ0) is 16.7. The first-order chi connectivity index (χ1) is 10.2. The molecule has 0 N–H and O–H groups in total. The van der Waals surface area contributed by atoms with E-state index >= 15 is 0 Å². The zero-order valence-electron chi connectivity index (χ0n) is 14.3. The van der Waals surface area contributed by atoms with E-state index in [0.29, 0.717) is 0 Å². The van der Waals surface area contributed by atoms with Crippen LogP contribution in [0.3, 0.4) is 0 Å². The summed E-state index contributed by atoms with van der Waals surface area (Å²) in [4.78, 5) is 14.5. The topological polar surface area (TPSA) is 29.5 Å².